The minimum Gasteiger partial charge on any atom is -0.478 e. The van der Waals surface area contributed by atoms with E-state index in [1.165, 1.54) is 24.3 Å². The normalized spacial score (nSPS) is 10.4. The van der Waals surface area contributed by atoms with Crippen LogP contribution >= 0.6 is 23.4 Å². The summed E-state index contributed by atoms with van der Waals surface area (Å²) >= 11 is 6.85. The van der Waals surface area contributed by atoms with E-state index in [1.54, 1.807) is 0 Å². The zero-order valence-corrected chi connectivity index (χ0v) is 11.8. The van der Waals surface area contributed by atoms with Gasteiger partial charge >= 0.3 is 5.97 Å². The highest BCUT2D eigenvalue weighted by Gasteiger charge is 2.19. The molecule has 0 aliphatic heterocycles. The largest absolute Gasteiger partial charge is 0.478 e. The summed E-state index contributed by atoms with van der Waals surface area (Å²) in [6, 6.07) is 7.65. The van der Waals surface area contributed by atoms with E-state index in [0.717, 1.165) is 23.9 Å². The number of carboxylic acids is 1. The van der Waals surface area contributed by atoms with Crippen molar-refractivity contribution in [2.75, 3.05) is 0 Å². The minimum absolute atomic E-state index is 0.162. The van der Waals surface area contributed by atoms with Crippen molar-refractivity contribution in [2.24, 2.45) is 0 Å². The second-order valence-corrected chi connectivity index (χ2v) is 5.39. The molecule has 8 heteroatoms. The molecule has 108 valence electrons. The first kappa shape index (κ1) is 15.3. The predicted molar refractivity (Wildman–Crippen MR) is 75.6 cm³/mol. The van der Waals surface area contributed by atoms with Gasteiger partial charge in [-0.1, -0.05) is 29.4 Å². The lowest BCUT2D eigenvalue weighted by molar-refractivity contribution is -0.387. The van der Waals surface area contributed by atoms with E-state index in [2.05, 4.69) is 0 Å². The third-order valence-corrected chi connectivity index (χ3v) is 4.08. The first-order valence-corrected chi connectivity index (χ1v) is 6.73. The number of benzene rings is 2. The Kier molecular flexibility index (Phi) is 4.44. The molecule has 2 aromatic carbocycles. The van der Waals surface area contributed by atoms with Crippen molar-refractivity contribution >= 4 is 35.0 Å². The van der Waals surface area contributed by atoms with Crippen LogP contribution in [0.25, 0.3) is 0 Å². The fourth-order valence-corrected chi connectivity index (χ4v) is 2.84. The molecule has 0 spiro atoms. The second kappa shape index (κ2) is 6.11. The Labute approximate surface area is 127 Å². The Morgan fingerprint density at radius 3 is 2.67 bits per heavy atom. The van der Waals surface area contributed by atoms with Crippen molar-refractivity contribution in [3.63, 3.8) is 0 Å². The highest BCUT2D eigenvalue weighted by atomic mass is 35.5. The van der Waals surface area contributed by atoms with E-state index in [9.17, 15) is 19.3 Å². The smallest absolute Gasteiger partial charge is 0.338 e. The molecule has 2 aromatic rings. The molecule has 0 atom stereocenters. The third-order valence-electron chi connectivity index (χ3n) is 2.53. The molecule has 0 aromatic heterocycles. The Hall–Kier alpha value is -2.12. The van der Waals surface area contributed by atoms with E-state index in [0.29, 0.717) is 4.90 Å². The van der Waals surface area contributed by atoms with Crippen LogP contribution in [0, 0.1) is 15.9 Å². The van der Waals surface area contributed by atoms with Crippen LogP contribution in [0.5, 0.6) is 0 Å². The number of nitro benzene ring substituents is 1. The predicted octanol–water partition coefficient (Wildman–Crippen LogP) is 4.24. The molecule has 0 fully saturated rings. The van der Waals surface area contributed by atoms with Crippen LogP contribution in [-0.4, -0.2) is 16.0 Å². The van der Waals surface area contributed by atoms with Crippen LogP contribution in [0.2, 0.25) is 5.02 Å². The number of hydrogen-bond donors (Lipinski definition) is 1. The summed E-state index contributed by atoms with van der Waals surface area (Å²) < 4.78 is 13.3. The van der Waals surface area contributed by atoms with Gasteiger partial charge in [0.1, 0.15) is 10.7 Å². The zero-order chi connectivity index (χ0) is 15.6. The molecule has 0 aliphatic carbocycles. The Morgan fingerprint density at radius 2 is 2.05 bits per heavy atom. The molecule has 0 saturated heterocycles. The number of halogens is 2. The Morgan fingerprint density at radius 1 is 1.33 bits per heavy atom. The number of carbonyl (C=O) groups is 1. The molecule has 0 heterocycles. The van der Waals surface area contributed by atoms with Crippen LogP contribution in [0.4, 0.5) is 10.1 Å². The SMILES string of the molecule is O=C(O)c1cc(Sc2c(Cl)cccc2[N+](=O)[O-])ccc1F. The van der Waals surface area contributed by atoms with Gasteiger partial charge in [-0.3, -0.25) is 10.1 Å². The van der Waals surface area contributed by atoms with Crippen molar-refractivity contribution in [3.05, 3.63) is 62.9 Å². The molecule has 0 amide bonds. The lowest BCUT2D eigenvalue weighted by atomic mass is 10.2. The van der Waals surface area contributed by atoms with Crippen molar-refractivity contribution in [3.8, 4) is 0 Å². The van der Waals surface area contributed by atoms with E-state index in [-0.39, 0.29) is 15.6 Å². The quantitative estimate of drug-likeness (QED) is 0.671. The van der Waals surface area contributed by atoms with Gasteiger partial charge < -0.3 is 5.11 Å². The average molecular weight is 328 g/mol. The molecular weight excluding hydrogens is 321 g/mol. The van der Waals surface area contributed by atoms with Gasteiger partial charge in [0, 0.05) is 11.0 Å². The van der Waals surface area contributed by atoms with E-state index >= 15 is 0 Å². The molecule has 0 saturated carbocycles. The highest BCUT2D eigenvalue weighted by molar-refractivity contribution is 7.99. The van der Waals surface area contributed by atoms with Crippen molar-refractivity contribution < 1.29 is 19.2 Å². The summed E-state index contributed by atoms with van der Waals surface area (Å²) in [6.45, 7) is 0. The number of nitro groups is 1. The maximum absolute atomic E-state index is 13.3. The molecule has 21 heavy (non-hydrogen) atoms. The average Bonchev–Trinajstić information content (AvgIpc) is 2.42. The molecule has 1 N–H and O–H groups in total. The number of hydrogen-bond acceptors (Lipinski definition) is 4. The van der Waals surface area contributed by atoms with Gasteiger partial charge in [0.2, 0.25) is 0 Å². The minimum atomic E-state index is -1.41. The van der Waals surface area contributed by atoms with Crippen LogP contribution in [0.15, 0.2) is 46.2 Å². The molecule has 0 bridgehead atoms. The zero-order valence-electron chi connectivity index (χ0n) is 10.2. The summed E-state index contributed by atoms with van der Waals surface area (Å²) in [5.74, 6) is -2.29. The van der Waals surface area contributed by atoms with Gasteiger partial charge in [-0.25, -0.2) is 9.18 Å². The highest BCUT2D eigenvalue weighted by Crippen LogP contribution is 2.40. The first-order chi connectivity index (χ1) is 9.90. The van der Waals surface area contributed by atoms with E-state index in [1.807, 2.05) is 0 Å². The Balaban J connectivity index is 2.46. The number of nitrogens with zero attached hydrogens (tertiary/aromatic N) is 1. The summed E-state index contributed by atoms with van der Waals surface area (Å²) in [5.41, 5.74) is -0.705. The lowest BCUT2D eigenvalue weighted by Gasteiger charge is -2.06. The van der Waals surface area contributed by atoms with E-state index in [4.69, 9.17) is 16.7 Å². The van der Waals surface area contributed by atoms with Gasteiger partial charge in [-0.15, -0.1) is 0 Å². The van der Waals surface area contributed by atoms with Crippen molar-refractivity contribution in [1.82, 2.24) is 0 Å². The molecule has 2 rings (SSSR count). The van der Waals surface area contributed by atoms with Gasteiger partial charge in [0.25, 0.3) is 5.69 Å². The number of aromatic carboxylic acids is 1. The maximum Gasteiger partial charge on any atom is 0.338 e. The number of carboxylic acid groups (broad SMARTS) is 1. The monoisotopic (exact) mass is 327 g/mol. The third kappa shape index (κ3) is 3.32. The van der Waals surface area contributed by atoms with E-state index < -0.39 is 22.3 Å². The van der Waals surface area contributed by atoms with Crippen LogP contribution in [0.3, 0.4) is 0 Å². The molecule has 0 unspecified atom stereocenters. The summed E-state index contributed by atoms with van der Waals surface area (Å²) in [4.78, 5) is 21.8. The fraction of sp³-hybridized carbons (Fsp3) is 0. The van der Waals surface area contributed by atoms with Gasteiger partial charge in [-0.2, -0.15) is 0 Å². The molecule has 0 radical (unpaired) electrons. The summed E-state index contributed by atoms with van der Waals surface area (Å²) in [7, 11) is 0. The van der Waals surface area contributed by atoms with Crippen molar-refractivity contribution in [1.29, 1.82) is 0 Å². The first-order valence-electron chi connectivity index (χ1n) is 5.53. The fourth-order valence-electron chi connectivity index (χ4n) is 1.59. The Bertz CT molecular complexity index is 738. The summed E-state index contributed by atoms with van der Waals surface area (Å²) in [5, 5.41) is 20.0. The summed E-state index contributed by atoms with van der Waals surface area (Å²) in [6.07, 6.45) is 0. The maximum atomic E-state index is 13.3. The number of rotatable bonds is 4. The van der Waals surface area contributed by atoms with Crippen LogP contribution in [0.1, 0.15) is 10.4 Å². The lowest BCUT2D eigenvalue weighted by Crippen LogP contribution is -2.00. The molecular formula is C13H7ClFNO4S. The van der Waals surface area contributed by atoms with Gasteiger partial charge in [0.15, 0.2) is 0 Å². The standard InChI is InChI=1S/C13H7ClFNO4S/c14-9-2-1-3-11(16(19)20)12(9)21-7-4-5-10(15)8(6-7)13(17)18/h1-6H,(H,17,18). The molecule has 0 aliphatic rings. The topological polar surface area (TPSA) is 80.4 Å². The van der Waals surface area contributed by atoms with Gasteiger partial charge in [0.05, 0.1) is 15.5 Å². The van der Waals surface area contributed by atoms with Crippen LogP contribution < -0.4 is 0 Å². The second-order valence-electron chi connectivity index (χ2n) is 3.89. The van der Waals surface area contributed by atoms with Crippen molar-refractivity contribution in [2.45, 2.75) is 9.79 Å². The molecule has 5 nitrogen and oxygen atoms in total. The van der Waals surface area contributed by atoms with Crippen LogP contribution in [-0.2, 0) is 0 Å². The van der Waals surface area contributed by atoms with Gasteiger partial charge in [-0.05, 0) is 24.3 Å².